The van der Waals surface area contributed by atoms with Gasteiger partial charge in [0.25, 0.3) is 10.0 Å². The summed E-state index contributed by atoms with van der Waals surface area (Å²) in [7, 11) is -4.02. The van der Waals surface area contributed by atoms with Crippen LogP contribution in [0.3, 0.4) is 0 Å². The first kappa shape index (κ1) is 24.5. The van der Waals surface area contributed by atoms with Crippen molar-refractivity contribution in [2.45, 2.75) is 31.7 Å². The molecule has 1 amide bonds. The Kier molecular flexibility index (Phi) is 6.98. The largest absolute Gasteiger partial charge is 0.490 e. The molecule has 0 aromatic heterocycles. The number of rotatable bonds is 8. The van der Waals surface area contributed by atoms with Crippen LogP contribution in [0.1, 0.15) is 32.4 Å². The molecule has 0 saturated carbocycles. The molecule has 9 heteroatoms. The maximum Gasteiger partial charge on any atom is 0.265 e. The number of hydrogen-bond donors (Lipinski definition) is 1. The average molecular weight is 499 g/mol. The van der Waals surface area contributed by atoms with E-state index in [2.05, 4.69) is 5.32 Å². The van der Waals surface area contributed by atoms with Gasteiger partial charge in [0.2, 0.25) is 5.91 Å². The van der Waals surface area contributed by atoms with Crippen molar-refractivity contribution in [2.75, 3.05) is 24.1 Å². The molecule has 3 aromatic rings. The number of sulfonamides is 1. The molecule has 1 heterocycles. The predicted octanol–water partition coefficient (Wildman–Crippen LogP) is 4.68. The number of ether oxygens (including phenoxy) is 2. The minimum absolute atomic E-state index is 0.0341. The quantitative estimate of drug-likeness (QED) is 0.488. The molecule has 0 unspecified atom stereocenters. The first-order chi connectivity index (χ1) is 16.8. The second-order valence-corrected chi connectivity index (χ2v) is 9.86. The maximum atomic E-state index is 14.0. The Hall–Kier alpha value is -3.59. The number of nitrogens with one attached hydrogen (secondary N) is 1. The van der Waals surface area contributed by atoms with Crippen molar-refractivity contribution in [2.24, 2.45) is 0 Å². The highest BCUT2D eigenvalue weighted by Crippen LogP contribution is 2.43. The van der Waals surface area contributed by atoms with E-state index in [1.54, 1.807) is 37.3 Å². The van der Waals surface area contributed by atoms with Crippen LogP contribution in [0.25, 0.3) is 11.1 Å². The minimum atomic E-state index is -4.02. The lowest BCUT2D eigenvalue weighted by Gasteiger charge is -2.32. The molecule has 1 aliphatic heterocycles. The van der Waals surface area contributed by atoms with Crippen molar-refractivity contribution in [3.8, 4) is 22.6 Å². The molecular formula is C26H27FN2O5S. The smallest absolute Gasteiger partial charge is 0.265 e. The third-order valence-corrected chi connectivity index (χ3v) is 7.52. The summed E-state index contributed by atoms with van der Waals surface area (Å²) >= 11 is 0. The van der Waals surface area contributed by atoms with E-state index in [1.807, 2.05) is 19.9 Å². The van der Waals surface area contributed by atoms with E-state index in [-0.39, 0.29) is 10.6 Å². The molecular weight excluding hydrogens is 471 g/mol. The standard InChI is InChI=1S/C26H27FN2O5S/c1-4-33-23-13-10-18(14-24(23)34-5-2)17(3)28-26(30)16-29-22-12-11-19(27)15-21(22)20-8-6-7-9-25(20)35(29,31)32/h6-15,17H,4-5,16H2,1-3H3,(H,28,30)/t17-/m1/s1. The molecule has 1 N–H and O–H groups in total. The first-order valence-electron chi connectivity index (χ1n) is 11.4. The maximum absolute atomic E-state index is 14.0. The van der Waals surface area contributed by atoms with Crippen LogP contribution in [-0.4, -0.2) is 34.1 Å². The van der Waals surface area contributed by atoms with Crippen LogP contribution in [-0.2, 0) is 14.8 Å². The Bertz CT molecular complexity index is 1360. The van der Waals surface area contributed by atoms with Crippen molar-refractivity contribution in [1.29, 1.82) is 0 Å². The van der Waals surface area contributed by atoms with Crippen LogP contribution in [0, 0.1) is 5.82 Å². The van der Waals surface area contributed by atoms with Crippen molar-refractivity contribution in [3.05, 3.63) is 72.0 Å². The van der Waals surface area contributed by atoms with Crippen LogP contribution >= 0.6 is 0 Å². The highest BCUT2D eigenvalue weighted by atomic mass is 32.2. The Morgan fingerprint density at radius 3 is 2.43 bits per heavy atom. The predicted molar refractivity (Wildman–Crippen MR) is 132 cm³/mol. The third kappa shape index (κ3) is 4.81. The summed E-state index contributed by atoms with van der Waals surface area (Å²) in [4.78, 5) is 13.0. The number of anilines is 1. The van der Waals surface area contributed by atoms with Crippen LogP contribution in [0.4, 0.5) is 10.1 Å². The molecule has 4 rings (SSSR count). The van der Waals surface area contributed by atoms with Gasteiger partial charge >= 0.3 is 0 Å². The molecule has 1 atom stereocenters. The average Bonchev–Trinajstić information content (AvgIpc) is 2.83. The summed E-state index contributed by atoms with van der Waals surface area (Å²) in [5, 5.41) is 2.85. The zero-order valence-corrected chi connectivity index (χ0v) is 20.6. The van der Waals surface area contributed by atoms with E-state index in [0.29, 0.717) is 35.8 Å². The summed E-state index contributed by atoms with van der Waals surface area (Å²) in [5.41, 5.74) is 1.86. The zero-order valence-electron chi connectivity index (χ0n) is 19.7. The molecule has 7 nitrogen and oxygen atoms in total. The van der Waals surface area contributed by atoms with Crippen LogP contribution in [0.2, 0.25) is 0 Å². The highest BCUT2D eigenvalue weighted by molar-refractivity contribution is 7.93. The molecule has 0 aliphatic carbocycles. The summed E-state index contributed by atoms with van der Waals surface area (Å²) in [6.07, 6.45) is 0. The number of hydrogen-bond acceptors (Lipinski definition) is 5. The molecule has 3 aromatic carbocycles. The summed E-state index contributed by atoms with van der Waals surface area (Å²) in [6, 6.07) is 15.2. The summed E-state index contributed by atoms with van der Waals surface area (Å²) in [5.74, 6) is 0.191. The zero-order chi connectivity index (χ0) is 25.2. The molecule has 0 fully saturated rings. The second-order valence-electron chi connectivity index (χ2n) is 8.03. The van der Waals surface area contributed by atoms with Gasteiger partial charge in [0.1, 0.15) is 12.4 Å². The van der Waals surface area contributed by atoms with Gasteiger partial charge in [-0.3, -0.25) is 9.10 Å². The fourth-order valence-corrected chi connectivity index (χ4v) is 5.76. The Morgan fingerprint density at radius 2 is 1.69 bits per heavy atom. The Morgan fingerprint density at radius 1 is 0.971 bits per heavy atom. The monoisotopic (exact) mass is 498 g/mol. The Labute approximate surface area is 204 Å². The van der Waals surface area contributed by atoms with Gasteiger partial charge in [0, 0.05) is 11.1 Å². The lowest BCUT2D eigenvalue weighted by molar-refractivity contribution is -0.120. The number of carbonyl (C=O) groups is 1. The fourth-order valence-electron chi connectivity index (χ4n) is 4.11. The number of halogens is 1. The number of benzene rings is 3. The van der Waals surface area contributed by atoms with Gasteiger partial charge in [-0.05, 0) is 62.7 Å². The van der Waals surface area contributed by atoms with Crippen molar-refractivity contribution in [3.63, 3.8) is 0 Å². The molecule has 0 spiro atoms. The molecule has 0 bridgehead atoms. The SMILES string of the molecule is CCOc1ccc([C@@H](C)NC(=O)CN2c3ccc(F)cc3-c3ccccc3S2(=O)=O)cc1OCC. The van der Waals surface area contributed by atoms with Crippen LogP contribution in [0.5, 0.6) is 11.5 Å². The van der Waals surface area contributed by atoms with E-state index in [4.69, 9.17) is 9.47 Å². The lowest BCUT2D eigenvalue weighted by Crippen LogP contribution is -2.43. The molecule has 35 heavy (non-hydrogen) atoms. The van der Waals surface area contributed by atoms with E-state index < -0.39 is 34.3 Å². The Balaban J connectivity index is 1.59. The summed E-state index contributed by atoms with van der Waals surface area (Å²) < 4.78 is 53.1. The van der Waals surface area contributed by atoms with Crippen molar-refractivity contribution < 1.29 is 27.1 Å². The topological polar surface area (TPSA) is 84.9 Å². The van der Waals surface area contributed by atoms with Gasteiger partial charge < -0.3 is 14.8 Å². The lowest BCUT2D eigenvalue weighted by atomic mass is 10.0. The van der Waals surface area contributed by atoms with Crippen molar-refractivity contribution in [1.82, 2.24) is 5.32 Å². The fraction of sp³-hybridized carbons (Fsp3) is 0.269. The normalized spacial score (nSPS) is 14.5. The van der Waals surface area contributed by atoms with Gasteiger partial charge in [-0.15, -0.1) is 0 Å². The van der Waals surface area contributed by atoms with E-state index in [0.717, 1.165) is 9.87 Å². The number of amides is 1. The van der Waals surface area contributed by atoms with E-state index in [1.165, 1.54) is 24.3 Å². The highest BCUT2D eigenvalue weighted by Gasteiger charge is 2.36. The van der Waals surface area contributed by atoms with Gasteiger partial charge in [-0.1, -0.05) is 24.3 Å². The molecule has 1 aliphatic rings. The van der Waals surface area contributed by atoms with Crippen molar-refractivity contribution >= 4 is 21.6 Å². The van der Waals surface area contributed by atoms with Crippen LogP contribution < -0.4 is 19.1 Å². The molecule has 0 saturated heterocycles. The van der Waals surface area contributed by atoms with Gasteiger partial charge in [0.15, 0.2) is 11.5 Å². The first-order valence-corrected chi connectivity index (χ1v) is 12.8. The number of fused-ring (bicyclic) bond motifs is 3. The van der Waals surface area contributed by atoms with E-state index >= 15 is 0 Å². The third-order valence-electron chi connectivity index (χ3n) is 5.70. The number of nitrogens with zero attached hydrogens (tertiary/aromatic N) is 1. The van der Waals surface area contributed by atoms with Gasteiger partial charge in [-0.25, -0.2) is 12.8 Å². The number of carbonyl (C=O) groups excluding carboxylic acids is 1. The second kappa shape index (κ2) is 9.95. The van der Waals surface area contributed by atoms with Gasteiger partial charge in [-0.2, -0.15) is 0 Å². The molecule has 184 valence electrons. The summed E-state index contributed by atoms with van der Waals surface area (Å²) in [6.45, 7) is 6.05. The van der Waals surface area contributed by atoms with Gasteiger partial charge in [0.05, 0.1) is 29.8 Å². The van der Waals surface area contributed by atoms with E-state index in [9.17, 15) is 17.6 Å². The molecule has 0 radical (unpaired) electrons. The van der Waals surface area contributed by atoms with Crippen LogP contribution in [0.15, 0.2) is 65.6 Å². The minimum Gasteiger partial charge on any atom is -0.490 e.